The molecule has 0 radical (unpaired) electrons. The van der Waals surface area contributed by atoms with Crippen molar-refractivity contribution in [2.75, 3.05) is 12.0 Å². The van der Waals surface area contributed by atoms with Crippen LogP contribution in [0.3, 0.4) is 0 Å². The lowest BCUT2D eigenvalue weighted by Gasteiger charge is -2.12. The SMILES string of the molecule is CC#N.CCOc1cc(/C=N/Nc2ccc([N+](=O)[O-])cc2)ccc1OS(=O)(=O)c1ccc(C)cc1. The predicted molar refractivity (Wildman–Crippen MR) is 132 cm³/mol. The van der Waals surface area contributed by atoms with Gasteiger partial charge in [-0.15, -0.1) is 0 Å². The molecule has 35 heavy (non-hydrogen) atoms. The summed E-state index contributed by atoms with van der Waals surface area (Å²) in [6.45, 7) is 5.37. The molecule has 0 spiro atoms. The zero-order valence-electron chi connectivity index (χ0n) is 19.3. The molecule has 0 aromatic heterocycles. The van der Waals surface area contributed by atoms with Crippen molar-refractivity contribution in [3.8, 4) is 17.6 Å². The van der Waals surface area contributed by atoms with Crippen LogP contribution in [0.15, 0.2) is 76.7 Å². The summed E-state index contributed by atoms with van der Waals surface area (Å²) in [5.41, 5.74) is 4.89. The summed E-state index contributed by atoms with van der Waals surface area (Å²) in [6.07, 6.45) is 1.50. The molecule has 3 aromatic rings. The number of hydrazone groups is 1. The van der Waals surface area contributed by atoms with Crippen LogP contribution in [-0.2, 0) is 10.1 Å². The van der Waals surface area contributed by atoms with E-state index in [1.165, 1.54) is 55.6 Å². The van der Waals surface area contributed by atoms with Crippen molar-refractivity contribution in [2.24, 2.45) is 5.10 Å². The zero-order valence-corrected chi connectivity index (χ0v) is 20.2. The number of nitriles is 1. The molecular weight excluding hydrogens is 472 g/mol. The van der Waals surface area contributed by atoms with Gasteiger partial charge in [-0.2, -0.15) is 18.8 Å². The second-order valence-corrected chi connectivity index (χ2v) is 8.43. The minimum Gasteiger partial charge on any atom is -0.490 e. The first-order valence-corrected chi connectivity index (χ1v) is 11.7. The van der Waals surface area contributed by atoms with Crippen molar-refractivity contribution in [3.63, 3.8) is 0 Å². The summed E-state index contributed by atoms with van der Waals surface area (Å²) >= 11 is 0. The monoisotopic (exact) mass is 496 g/mol. The van der Waals surface area contributed by atoms with Crippen molar-refractivity contribution in [3.05, 3.63) is 88.0 Å². The maximum Gasteiger partial charge on any atom is 0.339 e. The lowest BCUT2D eigenvalue weighted by molar-refractivity contribution is -0.384. The van der Waals surface area contributed by atoms with E-state index in [0.29, 0.717) is 17.9 Å². The van der Waals surface area contributed by atoms with Crippen molar-refractivity contribution in [1.82, 2.24) is 0 Å². The quantitative estimate of drug-likeness (QED) is 0.188. The fourth-order valence-electron chi connectivity index (χ4n) is 2.65. The van der Waals surface area contributed by atoms with Crippen LogP contribution in [0.1, 0.15) is 25.0 Å². The van der Waals surface area contributed by atoms with Gasteiger partial charge in [-0.1, -0.05) is 17.7 Å². The second kappa shape index (κ2) is 12.7. The molecule has 0 aliphatic rings. The van der Waals surface area contributed by atoms with Gasteiger partial charge in [0.05, 0.1) is 29.5 Å². The Morgan fingerprint density at radius 1 is 1.09 bits per heavy atom. The highest BCUT2D eigenvalue weighted by Gasteiger charge is 2.19. The maximum atomic E-state index is 12.6. The number of hydrogen-bond acceptors (Lipinski definition) is 9. The van der Waals surface area contributed by atoms with E-state index in [-0.39, 0.29) is 22.1 Å². The van der Waals surface area contributed by atoms with E-state index in [2.05, 4.69) is 10.5 Å². The molecule has 3 rings (SSSR count). The normalized spacial score (nSPS) is 10.6. The van der Waals surface area contributed by atoms with Crippen LogP contribution in [0.4, 0.5) is 11.4 Å². The Kier molecular flexibility index (Phi) is 9.74. The molecule has 0 fully saturated rings. The molecule has 11 heteroatoms. The molecule has 0 saturated carbocycles. The highest BCUT2D eigenvalue weighted by molar-refractivity contribution is 7.87. The minimum atomic E-state index is -4.02. The molecule has 0 amide bonds. The summed E-state index contributed by atoms with van der Waals surface area (Å²) < 4.78 is 36.0. The number of aryl methyl sites for hydroxylation is 1. The molecule has 0 unspecified atom stereocenters. The standard InChI is InChI=1S/C22H21N3O6S.C2H3N/c1-3-30-22-14-17(15-23-24-18-7-9-19(10-8-18)25(26)27)6-13-21(22)31-32(28,29)20-11-4-16(2)5-12-20;1-2-3/h4-15,24H,3H2,1-2H3;1H3/b23-15+;. The van der Waals surface area contributed by atoms with E-state index in [4.69, 9.17) is 14.2 Å². The number of benzene rings is 3. The van der Waals surface area contributed by atoms with Crippen LogP contribution < -0.4 is 14.3 Å². The highest BCUT2D eigenvalue weighted by atomic mass is 32.2. The average molecular weight is 497 g/mol. The minimum absolute atomic E-state index is 0.0166. The molecule has 0 aliphatic carbocycles. The third kappa shape index (κ3) is 8.13. The summed E-state index contributed by atoms with van der Waals surface area (Å²) in [4.78, 5) is 10.3. The van der Waals surface area contributed by atoms with Gasteiger partial charge >= 0.3 is 10.1 Å². The van der Waals surface area contributed by atoms with Gasteiger partial charge in [0.1, 0.15) is 4.90 Å². The van der Waals surface area contributed by atoms with Gasteiger partial charge in [-0.25, -0.2) is 0 Å². The number of nitro benzene ring substituents is 1. The summed E-state index contributed by atoms with van der Waals surface area (Å²) in [7, 11) is -4.02. The zero-order chi connectivity index (χ0) is 25.8. The summed E-state index contributed by atoms with van der Waals surface area (Å²) in [6, 6.07) is 18.6. The van der Waals surface area contributed by atoms with Gasteiger partial charge in [0, 0.05) is 19.1 Å². The van der Waals surface area contributed by atoms with Gasteiger partial charge in [-0.05, 0) is 61.9 Å². The Morgan fingerprint density at radius 3 is 2.29 bits per heavy atom. The Bertz CT molecular complexity index is 1320. The van der Waals surface area contributed by atoms with Gasteiger partial charge in [0.2, 0.25) is 0 Å². The molecule has 3 aromatic carbocycles. The second-order valence-electron chi connectivity index (χ2n) is 6.89. The van der Waals surface area contributed by atoms with Gasteiger partial charge in [0.15, 0.2) is 11.5 Å². The molecule has 0 heterocycles. The topological polar surface area (TPSA) is 144 Å². The lowest BCUT2D eigenvalue weighted by Crippen LogP contribution is -2.11. The fraction of sp³-hybridized carbons (Fsp3) is 0.167. The van der Waals surface area contributed by atoms with Crippen LogP contribution >= 0.6 is 0 Å². The van der Waals surface area contributed by atoms with Gasteiger partial charge < -0.3 is 8.92 Å². The molecule has 0 atom stereocenters. The lowest BCUT2D eigenvalue weighted by atomic mass is 10.2. The van der Waals surface area contributed by atoms with Crippen molar-refractivity contribution in [2.45, 2.75) is 25.7 Å². The first-order valence-electron chi connectivity index (χ1n) is 10.3. The Morgan fingerprint density at radius 2 is 1.71 bits per heavy atom. The molecule has 0 aliphatic heterocycles. The van der Waals surface area contributed by atoms with Crippen LogP contribution in [-0.4, -0.2) is 26.2 Å². The Labute approximate surface area is 203 Å². The third-order valence-electron chi connectivity index (χ3n) is 4.26. The smallest absolute Gasteiger partial charge is 0.339 e. The van der Waals surface area contributed by atoms with Crippen molar-refractivity contribution >= 4 is 27.7 Å². The van der Waals surface area contributed by atoms with E-state index >= 15 is 0 Å². The predicted octanol–water partition coefficient (Wildman–Crippen LogP) is 5.05. The summed E-state index contributed by atoms with van der Waals surface area (Å²) in [5.74, 6) is 0.315. The Balaban J connectivity index is 0.00000137. The molecule has 182 valence electrons. The Hall–Kier alpha value is -4.43. The van der Waals surface area contributed by atoms with Crippen LogP contribution in [0.2, 0.25) is 0 Å². The van der Waals surface area contributed by atoms with E-state index in [0.717, 1.165) is 5.56 Å². The largest absolute Gasteiger partial charge is 0.490 e. The number of anilines is 1. The average Bonchev–Trinajstić information content (AvgIpc) is 2.82. The van der Waals surface area contributed by atoms with Crippen molar-refractivity contribution < 1.29 is 22.3 Å². The molecule has 10 nitrogen and oxygen atoms in total. The number of non-ortho nitro benzene ring substituents is 1. The first-order chi connectivity index (χ1) is 16.7. The number of nitrogens with zero attached hydrogens (tertiary/aromatic N) is 3. The van der Waals surface area contributed by atoms with E-state index in [9.17, 15) is 18.5 Å². The number of nitro groups is 1. The van der Waals surface area contributed by atoms with Crippen LogP contribution in [0.25, 0.3) is 0 Å². The molecular formula is C24H24N4O6S. The number of rotatable bonds is 9. The van der Waals surface area contributed by atoms with Gasteiger partial charge in [0.25, 0.3) is 5.69 Å². The maximum absolute atomic E-state index is 12.6. The highest BCUT2D eigenvalue weighted by Crippen LogP contribution is 2.31. The number of nitrogens with one attached hydrogen (secondary N) is 1. The molecule has 0 bridgehead atoms. The van der Waals surface area contributed by atoms with Gasteiger partial charge in [-0.3, -0.25) is 15.5 Å². The number of ether oxygens (including phenoxy) is 1. The number of hydrogen-bond donors (Lipinski definition) is 1. The van der Waals surface area contributed by atoms with Crippen LogP contribution in [0.5, 0.6) is 11.5 Å². The third-order valence-corrected chi connectivity index (χ3v) is 5.51. The molecule has 0 saturated heterocycles. The van der Waals surface area contributed by atoms with E-state index < -0.39 is 15.0 Å². The van der Waals surface area contributed by atoms with Crippen LogP contribution in [0, 0.1) is 28.4 Å². The first kappa shape index (κ1) is 26.8. The molecule has 1 N–H and O–H groups in total. The van der Waals surface area contributed by atoms with E-state index in [1.807, 2.05) is 6.92 Å². The van der Waals surface area contributed by atoms with Crippen molar-refractivity contribution in [1.29, 1.82) is 5.26 Å². The summed E-state index contributed by atoms with van der Waals surface area (Å²) in [5, 5.41) is 22.1. The van der Waals surface area contributed by atoms with E-state index in [1.54, 1.807) is 37.3 Å². The fourth-order valence-corrected chi connectivity index (χ4v) is 3.59.